The van der Waals surface area contributed by atoms with Crippen molar-refractivity contribution in [1.82, 2.24) is 5.32 Å². The molecule has 2 heteroatoms. The first-order valence-electron chi connectivity index (χ1n) is 6.61. The molecule has 0 radical (unpaired) electrons. The van der Waals surface area contributed by atoms with E-state index in [0.29, 0.717) is 12.6 Å². The summed E-state index contributed by atoms with van der Waals surface area (Å²) in [5.74, 6) is 0. The van der Waals surface area contributed by atoms with E-state index in [2.05, 4.69) is 43.4 Å². The fourth-order valence-corrected chi connectivity index (χ4v) is 1.99. The van der Waals surface area contributed by atoms with Gasteiger partial charge in [-0.1, -0.05) is 43.3 Å². The van der Waals surface area contributed by atoms with Crippen molar-refractivity contribution in [2.24, 2.45) is 0 Å². The second kappa shape index (κ2) is 5.98. The second-order valence-corrected chi connectivity index (χ2v) is 4.84. The lowest BCUT2D eigenvalue weighted by molar-refractivity contribution is 0.170. The SMILES string of the molecule is CC[C@@H](C)NC[C@@H](O)c1ccc2ccccc2c1. The zero-order valence-corrected chi connectivity index (χ0v) is 11.1. The Morgan fingerprint density at radius 3 is 2.56 bits per heavy atom. The molecule has 0 heterocycles. The molecule has 0 aliphatic rings. The summed E-state index contributed by atoms with van der Waals surface area (Å²) >= 11 is 0. The summed E-state index contributed by atoms with van der Waals surface area (Å²) in [7, 11) is 0. The van der Waals surface area contributed by atoms with Crippen molar-refractivity contribution in [2.75, 3.05) is 6.54 Å². The van der Waals surface area contributed by atoms with Crippen LogP contribution in [-0.4, -0.2) is 17.7 Å². The third-order valence-corrected chi connectivity index (χ3v) is 3.43. The Bertz CT molecular complexity index is 509. The summed E-state index contributed by atoms with van der Waals surface area (Å²) in [5.41, 5.74) is 0.976. The van der Waals surface area contributed by atoms with Crippen molar-refractivity contribution in [3.8, 4) is 0 Å². The molecule has 0 amide bonds. The van der Waals surface area contributed by atoms with E-state index in [1.54, 1.807) is 0 Å². The molecular formula is C16H21NO. The molecule has 0 fully saturated rings. The molecule has 96 valence electrons. The van der Waals surface area contributed by atoms with Crippen molar-refractivity contribution in [2.45, 2.75) is 32.4 Å². The van der Waals surface area contributed by atoms with E-state index in [0.717, 1.165) is 12.0 Å². The summed E-state index contributed by atoms with van der Waals surface area (Å²) in [6, 6.07) is 14.8. The van der Waals surface area contributed by atoms with Gasteiger partial charge in [-0.15, -0.1) is 0 Å². The second-order valence-electron chi connectivity index (χ2n) is 4.84. The Morgan fingerprint density at radius 1 is 1.11 bits per heavy atom. The summed E-state index contributed by atoms with van der Waals surface area (Å²) in [6.07, 6.45) is 0.633. The molecule has 18 heavy (non-hydrogen) atoms. The lowest BCUT2D eigenvalue weighted by Crippen LogP contribution is -2.29. The van der Waals surface area contributed by atoms with Gasteiger partial charge < -0.3 is 10.4 Å². The van der Waals surface area contributed by atoms with Crippen LogP contribution in [0.2, 0.25) is 0 Å². The standard InChI is InChI=1S/C16H21NO/c1-3-12(2)17-11-16(18)15-9-8-13-6-4-5-7-14(13)10-15/h4-10,12,16-18H,3,11H2,1-2H3/t12-,16-/m1/s1. The highest BCUT2D eigenvalue weighted by Gasteiger charge is 2.09. The Labute approximate surface area is 109 Å². The lowest BCUT2D eigenvalue weighted by Gasteiger charge is -2.16. The van der Waals surface area contributed by atoms with E-state index in [4.69, 9.17) is 0 Å². The average molecular weight is 243 g/mol. The molecule has 0 saturated carbocycles. The maximum absolute atomic E-state index is 10.2. The number of nitrogens with one attached hydrogen (secondary N) is 1. The highest BCUT2D eigenvalue weighted by atomic mass is 16.3. The largest absolute Gasteiger partial charge is 0.387 e. The van der Waals surface area contributed by atoms with E-state index >= 15 is 0 Å². The van der Waals surface area contributed by atoms with E-state index in [1.165, 1.54) is 10.8 Å². The normalized spacial score (nSPS) is 14.6. The third kappa shape index (κ3) is 3.09. The molecule has 0 unspecified atom stereocenters. The van der Waals surface area contributed by atoms with E-state index in [9.17, 15) is 5.11 Å². The number of benzene rings is 2. The first-order valence-corrected chi connectivity index (χ1v) is 6.61. The van der Waals surface area contributed by atoms with Gasteiger partial charge in [0.2, 0.25) is 0 Å². The van der Waals surface area contributed by atoms with Crippen LogP contribution in [0.15, 0.2) is 42.5 Å². The van der Waals surface area contributed by atoms with Crippen molar-refractivity contribution in [3.05, 3.63) is 48.0 Å². The van der Waals surface area contributed by atoms with Crippen LogP contribution in [-0.2, 0) is 0 Å². The Hall–Kier alpha value is -1.38. The predicted octanol–water partition coefficient (Wildman–Crippen LogP) is 3.26. The van der Waals surface area contributed by atoms with Gasteiger partial charge in [0.15, 0.2) is 0 Å². The van der Waals surface area contributed by atoms with Crippen molar-refractivity contribution in [1.29, 1.82) is 0 Å². The maximum Gasteiger partial charge on any atom is 0.0914 e. The maximum atomic E-state index is 10.2. The van der Waals surface area contributed by atoms with Crippen LogP contribution < -0.4 is 5.32 Å². The predicted molar refractivity (Wildman–Crippen MR) is 76.7 cm³/mol. The Balaban J connectivity index is 2.10. The molecule has 2 rings (SSSR count). The van der Waals surface area contributed by atoms with Crippen molar-refractivity contribution < 1.29 is 5.11 Å². The van der Waals surface area contributed by atoms with Gasteiger partial charge in [-0.25, -0.2) is 0 Å². The third-order valence-electron chi connectivity index (χ3n) is 3.43. The molecule has 0 spiro atoms. The molecule has 0 bridgehead atoms. The van der Waals surface area contributed by atoms with Gasteiger partial charge in [0, 0.05) is 12.6 Å². The lowest BCUT2D eigenvalue weighted by atomic mass is 10.0. The molecule has 0 aliphatic carbocycles. The summed E-state index contributed by atoms with van der Waals surface area (Å²) in [6.45, 7) is 4.88. The number of aliphatic hydroxyl groups is 1. The molecule has 2 nitrogen and oxygen atoms in total. The number of rotatable bonds is 5. The van der Waals surface area contributed by atoms with Crippen molar-refractivity contribution in [3.63, 3.8) is 0 Å². The molecule has 2 aromatic rings. The summed E-state index contributed by atoms with van der Waals surface area (Å²) in [5, 5.41) is 15.9. The molecule has 0 aromatic heterocycles. The van der Waals surface area contributed by atoms with Crippen LogP contribution in [0.1, 0.15) is 31.9 Å². The number of hydrogen-bond donors (Lipinski definition) is 2. The first-order chi connectivity index (χ1) is 8.70. The van der Waals surface area contributed by atoms with E-state index < -0.39 is 6.10 Å². The van der Waals surface area contributed by atoms with Gasteiger partial charge in [0.1, 0.15) is 0 Å². The van der Waals surface area contributed by atoms with E-state index in [1.807, 2.05) is 18.2 Å². The zero-order valence-electron chi connectivity index (χ0n) is 11.1. The van der Waals surface area contributed by atoms with E-state index in [-0.39, 0.29) is 0 Å². The van der Waals surface area contributed by atoms with Gasteiger partial charge in [0.05, 0.1) is 6.10 Å². The van der Waals surface area contributed by atoms with Crippen LogP contribution >= 0.6 is 0 Å². The van der Waals surface area contributed by atoms with Crippen LogP contribution in [0.25, 0.3) is 10.8 Å². The quantitative estimate of drug-likeness (QED) is 0.844. The fraction of sp³-hybridized carbons (Fsp3) is 0.375. The number of fused-ring (bicyclic) bond motifs is 1. The monoisotopic (exact) mass is 243 g/mol. The minimum Gasteiger partial charge on any atom is -0.387 e. The van der Waals surface area contributed by atoms with Gasteiger partial charge >= 0.3 is 0 Å². The topological polar surface area (TPSA) is 32.3 Å². The van der Waals surface area contributed by atoms with Crippen LogP contribution in [0.4, 0.5) is 0 Å². The number of aliphatic hydroxyl groups excluding tert-OH is 1. The molecular weight excluding hydrogens is 222 g/mol. The zero-order chi connectivity index (χ0) is 13.0. The molecule has 2 aromatic carbocycles. The molecule has 2 atom stereocenters. The van der Waals surface area contributed by atoms with Gasteiger partial charge in [-0.05, 0) is 35.7 Å². The Kier molecular flexibility index (Phi) is 4.34. The number of hydrogen-bond acceptors (Lipinski definition) is 2. The first kappa shape index (κ1) is 13.1. The molecule has 0 saturated heterocycles. The highest BCUT2D eigenvalue weighted by Crippen LogP contribution is 2.20. The Morgan fingerprint density at radius 2 is 1.83 bits per heavy atom. The minimum atomic E-state index is -0.441. The smallest absolute Gasteiger partial charge is 0.0914 e. The van der Waals surface area contributed by atoms with Crippen LogP contribution in [0.5, 0.6) is 0 Å². The van der Waals surface area contributed by atoms with Gasteiger partial charge in [0.25, 0.3) is 0 Å². The van der Waals surface area contributed by atoms with Gasteiger partial charge in [-0.2, -0.15) is 0 Å². The van der Waals surface area contributed by atoms with Crippen molar-refractivity contribution >= 4 is 10.8 Å². The fourth-order valence-electron chi connectivity index (χ4n) is 1.99. The van der Waals surface area contributed by atoms with Gasteiger partial charge in [-0.3, -0.25) is 0 Å². The van der Waals surface area contributed by atoms with Crippen LogP contribution in [0.3, 0.4) is 0 Å². The van der Waals surface area contributed by atoms with Crippen LogP contribution in [0, 0.1) is 0 Å². The molecule has 2 N–H and O–H groups in total. The summed E-state index contributed by atoms with van der Waals surface area (Å²) in [4.78, 5) is 0. The molecule has 0 aliphatic heterocycles. The highest BCUT2D eigenvalue weighted by molar-refractivity contribution is 5.83. The average Bonchev–Trinajstić information content (AvgIpc) is 2.43. The summed E-state index contributed by atoms with van der Waals surface area (Å²) < 4.78 is 0. The minimum absolute atomic E-state index is 0.441.